The molecule has 0 heterocycles. The minimum Gasteiger partial charge on any atom is -0.507 e. The molecule has 1 unspecified atom stereocenters. The maximum Gasteiger partial charge on any atom is 0.256 e. The average molecular weight is 218 g/mol. The molecule has 0 spiro atoms. The Morgan fingerprint density at radius 1 is 1.56 bits per heavy atom. The number of nitrogens with one attached hydrogen (secondary N) is 1. The molecule has 0 bridgehead atoms. The third-order valence-corrected chi connectivity index (χ3v) is 2.19. The van der Waals surface area contributed by atoms with Crippen LogP contribution in [0.2, 0.25) is 0 Å². The van der Waals surface area contributed by atoms with Crippen molar-refractivity contribution in [3.05, 3.63) is 29.8 Å². The van der Waals surface area contributed by atoms with E-state index in [1.807, 2.05) is 13.0 Å². The number of phenols is 1. The average Bonchev–Trinajstić information content (AvgIpc) is 2.28. The van der Waals surface area contributed by atoms with Crippen molar-refractivity contribution in [2.75, 3.05) is 0 Å². The van der Waals surface area contributed by atoms with Crippen LogP contribution in [0.15, 0.2) is 24.3 Å². The van der Waals surface area contributed by atoms with Gasteiger partial charge in [0.25, 0.3) is 5.91 Å². The minimum absolute atomic E-state index is 0.0758. The molecule has 1 atom stereocenters. The first kappa shape index (κ1) is 12.1. The zero-order valence-corrected chi connectivity index (χ0v) is 9.10. The summed E-state index contributed by atoms with van der Waals surface area (Å²) in [6.07, 6.45) is 1.43. The third kappa shape index (κ3) is 2.99. The maximum absolute atomic E-state index is 11.7. The normalized spacial score (nSPS) is 11.5. The first-order chi connectivity index (χ1) is 7.69. The van der Waals surface area contributed by atoms with Gasteiger partial charge in [-0.2, -0.15) is 5.26 Å². The number of nitrogens with zero attached hydrogens (tertiary/aromatic N) is 1. The van der Waals surface area contributed by atoms with Crippen molar-refractivity contribution in [1.29, 1.82) is 5.26 Å². The van der Waals surface area contributed by atoms with E-state index in [2.05, 4.69) is 5.32 Å². The number of nitriles is 1. The molecule has 2 N–H and O–H groups in total. The van der Waals surface area contributed by atoms with Gasteiger partial charge in [0.05, 0.1) is 11.6 Å². The van der Waals surface area contributed by atoms with Gasteiger partial charge < -0.3 is 10.4 Å². The molecular weight excluding hydrogens is 204 g/mol. The lowest BCUT2D eigenvalue weighted by atomic mass is 10.1. The SMILES string of the molecule is CCCC(C#N)NC(=O)c1ccccc1O. The largest absolute Gasteiger partial charge is 0.507 e. The number of aromatic hydroxyl groups is 1. The summed E-state index contributed by atoms with van der Waals surface area (Å²) in [4.78, 5) is 11.7. The van der Waals surface area contributed by atoms with Crippen LogP contribution in [-0.2, 0) is 0 Å². The van der Waals surface area contributed by atoms with Gasteiger partial charge in [0.2, 0.25) is 0 Å². The molecule has 1 rings (SSSR count). The van der Waals surface area contributed by atoms with Crippen LogP contribution in [0.3, 0.4) is 0 Å². The van der Waals surface area contributed by atoms with Crippen molar-refractivity contribution in [2.24, 2.45) is 0 Å². The first-order valence-electron chi connectivity index (χ1n) is 5.17. The molecule has 0 aliphatic heterocycles. The minimum atomic E-state index is -0.503. The summed E-state index contributed by atoms with van der Waals surface area (Å²) in [6, 6.07) is 7.77. The highest BCUT2D eigenvalue weighted by atomic mass is 16.3. The van der Waals surface area contributed by atoms with Crippen LogP contribution in [-0.4, -0.2) is 17.1 Å². The Bertz CT molecular complexity index is 410. The third-order valence-electron chi connectivity index (χ3n) is 2.19. The molecule has 0 saturated heterocycles. The van der Waals surface area contributed by atoms with Gasteiger partial charge in [-0.05, 0) is 18.6 Å². The molecule has 0 aliphatic rings. The number of hydrogen-bond donors (Lipinski definition) is 2. The molecule has 1 aromatic carbocycles. The second-order valence-corrected chi connectivity index (χ2v) is 3.46. The number of carbonyl (C=O) groups excluding carboxylic acids is 1. The number of benzene rings is 1. The molecule has 1 amide bonds. The number of para-hydroxylation sites is 1. The number of hydrogen-bond acceptors (Lipinski definition) is 3. The summed E-state index contributed by atoms with van der Waals surface area (Å²) in [5, 5.41) is 20.8. The van der Waals surface area contributed by atoms with E-state index in [0.717, 1.165) is 6.42 Å². The van der Waals surface area contributed by atoms with Gasteiger partial charge in [0.15, 0.2) is 0 Å². The van der Waals surface area contributed by atoms with Crippen molar-refractivity contribution < 1.29 is 9.90 Å². The van der Waals surface area contributed by atoms with Crippen LogP contribution >= 0.6 is 0 Å². The highest BCUT2D eigenvalue weighted by Crippen LogP contribution is 2.15. The van der Waals surface area contributed by atoms with E-state index < -0.39 is 11.9 Å². The highest BCUT2D eigenvalue weighted by molar-refractivity contribution is 5.97. The van der Waals surface area contributed by atoms with Gasteiger partial charge in [-0.15, -0.1) is 0 Å². The summed E-state index contributed by atoms with van der Waals surface area (Å²) in [5.41, 5.74) is 0.193. The summed E-state index contributed by atoms with van der Waals surface area (Å²) in [6.45, 7) is 1.94. The molecule has 0 aromatic heterocycles. The second-order valence-electron chi connectivity index (χ2n) is 3.46. The smallest absolute Gasteiger partial charge is 0.256 e. The van der Waals surface area contributed by atoms with Crippen molar-refractivity contribution in [3.8, 4) is 11.8 Å². The fourth-order valence-corrected chi connectivity index (χ4v) is 1.36. The van der Waals surface area contributed by atoms with E-state index in [1.54, 1.807) is 12.1 Å². The summed E-state index contributed by atoms with van der Waals surface area (Å²) in [7, 11) is 0. The van der Waals surface area contributed by atoms with Crippen LogP contribution in [0.5, 0.6) is 5.75 Å². The van der Waals surface area contributed by atoms with E-state index in [9.17, 15) is 9.90 Å². The van der Waals surface area contributed by atoms with Gasteiger partial charge in [-0.1, -0.05) is 25.5 Å². The Morgan fingerprint density at radius 2 is 2.25 bits per heavy atom. The van der Waals surface area contributed by atoms with Crippen molar-refractivity contribution in [2.45, 2.75) is 25.8 Å². The monoisotopic (exact) mass is 218 g/mol. The number of amides is 1. The molecule has 0 saturated carbocycles. The van der Waals surface area contributed by atoms with Crippen molar-refractivity contribution in [1.82, 2.24) is 5.32 Å². The predicted octanol–water partition coefficient (Wildman–Crippen LogP) is 1.81. The van der Waals surface area contributed by atoms with Crippen LogP contribution in [0, 0.1) is 11.3 Å². The summed E-state index contributed by atoms with van der Waals surface area (Å²) >= 11 is 0. The number of phenolic OH excluding ortho intramolecular Hbond substituents is 1. The fraction of sp³-hybridized carbons (Fsp3) is 0.333. The topological polar surface area (TPSA) is 73.1 Å². The van der Waals surface area contributed by atoms with Crippen LogP contribution < -0.4 is 5.32 Å². The van der Waals surface area contributed by atoms with Crippen LogP contribution in [0.25, 0.3) is 0 Å². The molecule has 0 fully saturated rings. The maximum atomic E-state index is 11.7. The zero-order valence-electron chi connectivity index (χ0n) is 9.10. The van der Waals surface area contributed by atoms with Crippen molar-refractivity contribution in [3.63, 3.8) is 0 Å². The van der Waals surface area contributed by atoms with Gasteiger partial charge in [-0.25, -0.2) is 0 Å². The molecule has 16 heavy (non-hydrogen) atoms. The first-order valence-corrected chi connectivity index (χ1v) is 5.17. The fourth-order valence-electron chi connectivity index (χ4n) is 1.36. The van der Waals surface area contributed by atoms with Gasteiger partial charge in [-0.3, -0.25) is 4.79 Å². The Kier molecular flexibility index (Phi) is 4.34. The zero-order chi connectivity index (χ0) is 12.0. The van der Waals surface area contributed by atoms with E-state index in [-0.39, 0.29) is 11.3 Å². The Labute approximate surface area is 94.5 Å². The standard InChI is InChI=1S/C12H14N2O2/c1-2-5-9(8-13)14-12(16)10-6-3-4-7-11(10)15/h3-4,6-7,9,15H,2,5H2,1H3,(H,14,16). The Morgan fingerprint density at radius 3 is 2.81 bits per heavy atom. The Hall–Kier alpha value is -2.02. The van der Waals surface area contributed by atoms with Gasteiger partial charge in [0, 0.05) is 0 Å². The predicted molar refractivity (Wildman–Crippen MR) is 59.9 cm³/mol. The van der Waals surface area contributed by atoms with E-state index in [4.69, 9.17) is 5.26 Å². The lowest BCUT2D eigenvalue weighted by molar-refractivity contribution is 0.0941. The van der Waals surface area contributed by atoms with E-state index >= 15 is 0 Å². The molecule has 0 radical (unpaired) electrons. The summed E-state index contributed by atoms with van der Waals surface area (Å²) < 4.78 is 0. The van der Waals surface area contributed by atoms with Crippen LogP contribution in [0.1, 0.15) is 30.1 Å². The van der Waals surface area contributed by atoms with E-state index in [0.29, 0.717) is 6.42 Å². The highest BCUT2D eigenvalue weighted by Gasteiger charge is 2.14. The molecular formula is C12H14N2O2. The molecule has 4 heteroatoms. The summed E-state index contributed by atoms with van der Waals surface area (Å²) in [5.74, 6) is -0.494. The quantitative estimate of drug-likeness (QED) is 0.809. The lowest BCUT2D eigenvalue weighted by Gasteiger charge is -2.10. The van der Waals surface area contributed by atoms with E-state index in [1.165, 1.54) is 12.1 Å². The van der Waals surface area contributed by atoms with Gasteiger partial charge >= 0.3 is 0 Å². The molecule has 4 nitrogen and oxygen atoms in total. The number of rotatable bonds is 4. The van der Waals surface area contributed by atoms with Crippen LogP contribution in [0.4, 0.5) is 0 Å². The second kappa shape index (κ2) is 5.76. The lowest BCUT2D eigenvalue weighted by Crippen LogP contribution is -2.33. The molecule has 0 aliphatic carbocycles. The number of carbonyl (C=O) groups is 1. The van der Waals surface area contributed by atoms with Gasteiger partial charge in [0.1, 0.15) is 11.8 Å². The van der Waals surface area contributed by atoms with Crippen molar-refractivity contribution >= 4 is 5.91 Å². The molecule has 84 valence electrons. The molecule has 1 aromatic rings. The Balaban J connectivity index is 2.73.